The van der Waals surface area contributed by atoms with Crippen molar-refractivity contribution in [3.8, 4) is 0 Å². The van der Waals surface area contributed by atoms with Crippen molar-refractivity contribution in [2.75, 3.05) is 29.4 Å². The van der Waals surface area contributed by atoms with Gasteiger partial charge in [0, 0.05) is 24.5 Å². The summed E-state index contributed by atoms with van der Waals surface area (Å²) in [6, 6.07) is 14.2. The lowest BCUT2D eigenvalue weighted by atomic mass is 10.2. The van der Waals surface area contributed by atoms with Crippen molar-refractivity contribution in [1.82, 2.24) is 0 Å². The van der Waals surface area contributed by atoms with Crippen LogP contribution in [0.5, 0.6) is 0 Å². The molecular formula is C19H21N3O3S. The average Bonchev–Trinajstić information content (AvgIpc) is 3.02. The van der Waals surface area contributed by atoms with E-state index in [4.69, 9.17) is 5.14 Å². The number of para-hydroxylation sites is 1. The summed E-state index contributed by atoms with van der Waals surface area (Å²) in [5, 5.41) is 5.19. The second kappa shape index (κ2) is 7.31. The largest absolute Gasteiger partial charge is 0.362 e. The molecule has 0 spiro atoms. The van der Waals surface area contributed by atoms with E-state index >= 15 is 0 Å². The number of nitrogens with two attached hydrogens (primary N) is 1. The average molecular weight is 371 g/mol. The summed E-state index contributed by atoms with van der Waals surface area (Å²) in [5.74, 6) is -0.0422. The fourth-order valence-corrected chi connectivity index (χ4v) is 3.69. The number of primary sulfonamides is 1. The van der Waals surface area contributed by atoms with Crippen molar-refractivity contribution in [3.63, 3.8) is 0 Å². The first kappa shape index (κ1) is 18.2. The number of nitrogens with zero attached hydrogens (tertiary/aromatic N) is 2. The Morgan fingerprint density at radius 3 is 2.62 bits per heavy atom. The highest BCUT2D eigenvalue weighted by molar-refractivity contribution is 7.89. The van der Waals surface area contributed by atoms with Gasteiger partial charge in [-0.1, -0.05) is 24.3 Å². The standard InChI is InChI=1S/C19H21N3O3S/c1-2-11-22(16-6-4-3-5-7-16)19(23)14-21-12-10-15-13-17(26(20,24)25)8-9-18(15)21/h2-9,13H,1,10-12,14H2,(H2,20,24,25). The topological polar surface area (TPSA) is 83.7 Å². The van der Waals surface area contributed by atoms with Gasteiger partial charge in [0.2, 0.25) is 15.9 Å². The van der Waals surface area contributed by atoms with Crippen molar-refractivity contribution in [2.24, 2.45) is 5.14 Å². The molecule has 26 heavy (non-hydrogen) atoms. The summed E-state index contributed by atoms with van der Waals surface area (Å²) in [6.45, 7) is 5.03. The summed E-state index contributed by atoms with van der Waals surface area (Å²) in [5.41, 5.74) is 2.58. The molecule has 0 fully saturated rings. The molecule has 0 unspecified atom stereocenters. The summed E-state index contributed by atoms with van der Waals surface area (Å²) >= 11 is 0. The molecule has 1 aliphatic rings. The number of sulfonamides is 1. The van der Waals surface area contributed by atoms with Crippen LogP contribution in [-0.2, 0) is 21.2 Å². The summed E-state index contributed by atoms with van der Waals surface area (Å²) in [4.78, 5) is 16.6. The van der Waals surface area contributed by atoms with Crippen LogP contribution in [0, 0.1) is 0 Å². The van der Waals surface area contributed by atoms with Gasteiger partial charge in [0.25, 0.3) is 0 Å². The zero-order chi connectivity index (χ0) is 18.7. The van der Waals surface area contributed by atoms with Crippen LogP contribution >= 0.6 is 0 Å². The molecule has 0 aromatic heterocycles. The minimum absolute atomic E-state index is 0.0422. The molecule has 1 amide bonds. The lowest BCUT2D eigenvalue weighted by Gasteiger charge is -2.26. The minimum atomic E-state index is -3.73. The highest BCUT2D eigenvalue weighted by Gasteiger charge is 2.25. The van der Waals surface area contributed by atoms with E-state index in [1.54, 1.807) is 23.1 Å². The fourth-order valence-electron chi connectivity index (χ4n) is 3.12. The van der Waals surface area contributed by atoms with Crippen LogP contribution in [0.15, 0.2) is 66.1 Å². The number of fused-ring (bicyclic) bond motifs is 1. The summed E-state index contributed by atoms with van der Waals surface area (Å²) < 4.78 is 23.0. The van der Waals surface area contributed by atoms with Gasteiger partial charge in [-0.3, -0.25) is 4.79 Å². The first-order valence-electron chi connectivity index (χ1n) is 8.27. The predicted octanol–water partition coefficient (Wildman–Crippen LogP) is 1.92. The molecule has 0 saturated heterocycles. The molecule has 2 aromatic rings. The molecule has 0 bridgehead atoms. The molecule has 2 aromatic carbocycles. The highest BCUT2D eigenvalue weighted by Crippen LogP contribution is 2.30. The molecule has 136 valence electrons. The van der Waals surface area contributed by atoms with E-state index in [0.717, 1.165) is 16.9 Å². The van der Waals surface area contributed by atoms with Gasteiger partial charge in [-0.25, -0.2) is 13.6 Å². The minimum Gasteiger partial charge on any atom is -0.362 e. The number of rotatable bonds is 6. The normalized spacial score (nSPS) is 13.3. The lowest BCUT2D eigenvalue weighted by Crippen LogP contribution is -2.40. The lowest BCUT2D eigenvalue weighted by molar-refractivity contribution is -0.117. The van der Waals surface area contributed by atoms with Crippen LogP contribution in [0.25, 0.3) is 0 Å². The summed E-state index contributed by atoms with van der Waals surface area (Å²) in [7, 11) is -3.73. The molecule has 0 aliphatic carbocycles. The van der Waals surface area contributed by atoms with Gasteiger partial charge in [0.15, 0.2) is 0 Å². The Labute approximate surface area is 153 Å². The van der Waals surface area contributed by atoms with Gasteiger partial charge in [-0.05, 0) is 42.3 Å². The Morgan fingerprint density at radius 1 is 1.23 bits per heavy atom. The number of hydrogen-bond acceptors (Lipinski definition) is 4. The van der Waals surface area contributed by atoms with Crippen LogP contribution in [-0.4, -0.2) is 34.0 Å². The number of benzene rings is 2. The molecule has 0 atom stereocenters. The number of amides is 1. The number of carbonyl (C=O) groups excluding carboxylic acids is 1. The predicted molar refractivity (Wildman–Crippen MR) is 103 cm³/mol. The van der Waals surface area contributed by atoms with E-state index in [2.05, 4.69) is 6.58 Å². The Hall–Kier alpha value is -2.64. The maximum atomic E-state index is 12.8. The van der Waals surface area contributed by atoms with Crippen molar-refractivity contribution in [1.29, 1.82) is 0 Å². The molecule has 1 heterocycles. The zero-order valence-corrected chi connectivity index (χ0v) is 15.2. The van der Waals surface area contributed by atoms with Gasteiger partial charge in [-0.2, -0.15) is 0 Å². The van der Waals surface area contributed by atoms with Crippen LogP contribution in [0.1, 0.15) is 5.56 Å². The van der Waals surface area contributed by atoms with Gasteiger partial charge < -0.3 is 9.80 Å². The molecule has 6 nitrogen and oxygen atoms in total. The maximum Gasteiger partial charge on any atom is 0.246 e. The molecule has 1 aliphatic heterocycles. The van der Waals surface area contributed by atoms with Crippen molar-refractivity contribution >= 4 is 27.3 Å². The molecule has 0 saturated carbocycles. The van der Waals surface area contributed by atoms with Crippen molar-refractivity contribution in [2.45, 2.75) is 11.3 Å². The van der Waals surface area contributed by atoms with Crippen LogP contribution in [0.2, 0.25) is 0 Å². The van der Waals surface area contributed by atoms with Gasteiger partial charge >= 0.3 is 0 Å². The number of anilines is 2. The molecule has 7 heteroatoms. The SMILES string of the molecule is C=CCN(C(=O)CN1CCc2cc(S(N)(=O)=O)ccc21)c1ccccc1. The maximum absolute atomic E-state index is 12.8. The summed E-state index contributed by atoms with van der Waals surface area (Å²) in [6.07, 6.45) is 2.37. The van der Waals surface area contributed by atoms with Crippen molar-refractivity contribution < 1.29 is 13.2 Å². The first-order valence-corrected chi connectivity index (χ1v) is 9.82. The van der Waals surface area contributed by atoms with Crippen LogP contribution < -0.4 is 14.9 Å². The second-order valence-electron chi connectivity index (χ2n) is 6.14. The second-order valence-corrected chi connectivity index (χ2v) is 7.70. The highest BCUT2D eigenvalue weighted by atomic mass is 32.2. The van der Waals surface area contributed by atoms with Crippen LogP contribution in [0.4, 0.5) is 11.4 Å². The van der Waals surface area contributed by atoms with E-state index in [0.29, 0.717) is 19.5 Å². The first-order chi connectivity index (χ1) is 12.4. The Kier molecular flexibility index (Phi) is 5.11. The zero-order valence-electron chi connectivity index (χ0n) is 14.3. The monoisotopic (exact) mass is 371 g/mol. The smallest absolute Gasteiger partial charge is 0.246 e. The quantitative estimate of drug-likeness (QED) is 0.787. The third kappa shape index (κ3) is 3.79. The van der Waals surface area contributed by atoms with E-state index < -0.39 is 10.0 Å². The Balaban J connectivity index is 1.80. The van der Waals surface area contributed by atoms with E-state index in [-0.39, 0.29) is 17.3 Å². The number of carbonyl (C=O) groups is 1. The fraction of sp³-hybridized carbons (Fsp3) is 0.211. The third-order valence-corrected chi connectivity index (χ3v) is 5.29. The van der Waals surface area contributed by atoms with Crippen LogP contribution in [0.3, 0.4) is 0 Å². The van der Waals surface area contributed by atoms with Gasteiger partial charge in [0.1, 0.15) is 0 Å². The van der Waals surface area contributed by atoms with E-state index in [1.807, 2.05) is 35.2 Å². The Morgan fingerprint density at radius 2 is 1.96 bits per heavy atom. The third-order valence-electron chi connectivity index (χ3n) is 4.38. The number of hydrogen-bond donors (Lipinski definition) is 1. The molecular weight excluding hydrogens is 350 g/mol. The Bertz CT molecular complexity index is 926. The van der Waals surface area contributed by atoms with Gasteiger partial charge in [0.05, 0.1) is 11.4 Å². The van der Waals surface area contributed by atoms with Gasteiger partial charge in [-0.15, -0.1) is 6.58 Å². The van der Waals surface area contributed by atoms with E-state index in [9.17, 15) is 13.2 Å². The van der Waals surface area contributed by atoms with E-state index in [1.165, 1.54) is 6.07 Å². The molecule has 0 radical (unpaired) electrons. The molecule has 2 N–H and O–H groups in total. The molecule has 3 rings (SSSR count). The van der Waals surface area contributed by atoms with Crippen molar-refractivity contribution in [3.05, 3.63) is 66.7 Å².